The third-order valence-corrected chi connectivity index (χ3v) is 3.35. The fourth-order valence-electron chi connectivity index (χ4n) is 2.21. The van der Waals surface area contributed by atoms with E-state index in [1.807, 2.05) is 24.3 Å². The van der Waals surface area contributed by atoms with Crippen LogP contribution in [0.3, 0.4) is 0 Å². The number of hydrogen-bond acceptors (Lipinski definition) is 4. The average molecular weight is 300 g/mol. The summed E-state index contributed by atoms with van der Waals surface area (Å²) in [6.07, 6.45) is 0. The zero-order valence-electron chi connectivity index (χ0n) is 13.0. The van der Waals surface area contributed by atoms with Gasteiger partial charge in [0.1, 0.15) is 5.75 Å². The van der Waals surface area contributed by atoms with Gasteiger partial charge in [0, 0.05) is 30.3 Å². The summed E-state index contributed by atoms with van der Waals surface area (Å²) in [7, 11) is 1.56. The maximum Gasteiger partial charge on any atom is 0.270 e. The zero-order valence-corrected chi connectivity index (χ0v) is 13.0. The van der Waals surface area contributed by atoms with Gasteiger partial charge in [-0.05, 0) is 23.3 Å². The van der Waals surface area contributed by atoms with Crippen LogP contribution in [0.4, 0.5) is 5.69 Å². The van der Waals surface area contributed by atoms with E-state index in [9.17, 15) is 10.1 Å². The van der Waals surface area contributed by atoms with Crippen LogP contribution in [0.2, 0.25) is 0 Å². The normalized spacial score (nSPS) is 10.7. The molecule has 0 saturated carbocycles. The highest BCUT2D eigenvalue weighted by Crippen LogP contribution is 2.33. The van der Waals surface area contributed by atoms with Gasteiger partial charge in [-0.15, -0.1) is 0 Å². The molecule has 0 atom stereocenters. The molecular formula is C17H20N2O3. The number of nitrogens with zero attached hydrogens (tertiary/aromatic N) is 1. The quantitative estimate of drug-likeness (QED) is 0.651. The smallest absolute Gasteiger partial charge is 0.270 e. The van der Waals surface area contributed by atoms with Crippen LogP contribution >= 0.6 is 0 Å². The van der Waals surface area contributed by atoms with E-state index in [4.69, 9.17) is 4.74 Å². The molecule has 0 spiro atoms. The van der Waals surface area contributed by atoms with E-state index >= 15 is 0 Å². The minimum atomic E-state index is -0.396. The fourth-order valence-corrected chi connectivity index (χ4v) is 2.21. The van der Waals surface area contributed by atoms with E-state index < -0.39 is 4.92 Å². The van der Waals surface area contributed by atoms with Crippen LogP contribution in [0.1, 0.15) is 19.4 Å². The summed E-state index contributed by atoms with van der Waals surface area (Å²) < 4.78 is 5.33. The third-order valence-electron chi connectivity index (χ3n) is 3.35. The molecule has 0 aliphatic carbocycles. The Hall–Kier alpha value is -2.40. The number of nitro groups is 1. The highest BCUT2D eigenvalue weighted by molar-refractivity contribution is 5.73. The molecule has 0 aliphatic heterocycles. The van der Waals surface area contributed by atoms with Gasteiger partial charge in [-0.25, -0.2) is 0 Å². The van der Waals surface area contributed by atoms with Gasteiger partial charge in [0.05, 0.1) is 12.0 Å². The zero-order chi connectivity index (χ0) is 16.1. The van der Waals surface area contributed by atoms with Gasteiger partial charge in [-0.1, -0.05) is 32.0 Å². The number of hydrogen-bond donors (Lipinski definition) is 1. The molecular weight excluding hydrogens is 280 g/mol. The number of ether oxygens (including phenoxy) is 1. The van der Waals surface area contributed by atoms with E-state index in [0.717, 1.165) is 23.2 Å². The maximum atomic E-state index is 11.0. The Morgan fingerprint density at radius 1 is 1.23 bits per heavy atom. The lowest BCUT2D eigenvalue weighted by atomic mass is 10.0. The molecule has 0 aromatic heterocycles. The Morgan fingerprint density at radius 2 is 2.00 bits per heavy atom. The third kappa shape index (κ3) is 3.83. The van der Waals surface area contributed by atoms with E-state index in [-0.39, 0.29) is 5.69 Å². The summed E-state index contributed by atoms with van der Waals surface area (Å²) in [5.41, 5.74) is 2.81. The highest BCUT2D eigenvalue weighted by Gasteiger charge is 2.13. The monoisotopic (exact) mass is 300 g/mol. The Balaban J connectivity index is 2.39. The summed E-state index contributed by atoms with van der Waals surface area (Å²) in [6, 6.07) is 13.0. The lowest BCUT2D eigenvalue weighted by Crippen LogP contribution is -2.21. The first-order chi connectivity index (χ1) is 10.5. The predicted molar refractivity (Wildman–Crippen MR) is 87.1 cm³/mol. The number of nitro benzene ring substituents is 1. The second-order valence-corrected chi connectivity index (χ2v) is 5.38. The summed E-state index contributed by atoms with van der Waals surface area (Å²) in [5, 5.41) is 14.3. The molecule has 0 aliphatic rings. The highest BCUT2D eigenvalue weighted by atomic mass is 16.6. The number of nitrogens with one attached hydrogen (secondary N) is 1. The van der Waals surface area contributed by atoms with Crippen molar-refractivity contribution >= 4 is 5.69 Å². The Morgan fingerprint density at radius 3 is 2.64 bits per heavy atom. The van der Waals surface area contributed by atoms with E-state index in [2.05, 4.69) is 19.2 Å². The van der Waals surface area contributed by atoms with Crippen molar-refractivity contribution in [1.29, 1.82) is 0 Å². The number of non-ortho nitro benzene ring substituents is 1. The molecule has 2 rings (SSSR count). The van der Waals surface area contributed by atoms with Crippen LogP contribution < -0.4 is 10.1 Å². The van der Waals surface area contributed by atoms with Crippen LogP contribution in [0.15, 0.2) is 42.5 Å². The minimum Gasteiger partial charge on any atom is -0.496 e. The number of benzene rings is 2. The first-order valence-electron chi connectivity index (χ1n) is 7.16. The molecule has 22 heavy (non-hydrogen) atoms. The average Bonchev–Trinajstić information content (AvgIpc) is 2.52. The standard InChI is InChI=1S/C17H20N2O3/c1-12(2)18-11-13-5-4-6-14(9-13)16-10-15(19(20)21)7-8-17(16)22-3/h4-10,12,18H,11H2,1-3H3. The van der Waals surface area contributed by atoms with E-state index in [1.165, 1.54) is 6.07 Å². The van der Waals surface area contributed by atoms with Crippen molar-refractivity contribution in [2.24, 2.45) is 0 Å². The summed E-state index contributed by atoms with van der Waals surface area (Å²) in [4.78, 5) is 10.6. The summed E-state index contributed by atoms with van der Waals surface area (Å²) in [6.45, 7) is 4.93. The molecule has 0 unspecified atom stereocenters. The first-order valence-corrected chi connectivity index (χ1v) is 7.16. The topological polar surface area (TPSA) is 64.4 Å². The molecule has 1 N–H and O–H groups in total. The molecule has 5 heteroatoms. The van der Waals surface area contributed by atoms with Crippen LogP contribution in [0.25, 0.3) is 11.1 Å². The summed E-state index contributed by atoms with van der Waals surface area (Å²) >= 11 is 0. The van der Waals surface area contributed by atoms with Crippen molar-refractivity contribution in [2.45, 2.75) is 26.4 Å². The SMILES string of the molecule is COc1ccc([N+](=O)[O-])cc1-c1cccc(CNC(C)C)c1. The van der Waals surface area contributed by atoms with Gasteiger partial charge >= 0.3 is 0 Å². The first kappa shape index (κ1) is 16.0. The van der Waals surface area contributed by atoms with Crippen molar-refractivity contribution in [3.05, 3.63) is 58.1 Å². The molecule has 0 saturated heterocycles. The van der Waals surface area contributed by atoms with Gasteiger partial charge < -0.3 is 10.1 Å². The molecule has 0 amide bonds. The summed E-state index contributed by atoms with van der Waals surface area (Å²) in [5.74, 6) is 0.625. The molecule has 116 valence electrons. The lowest BCUT2D eigenvalue weighted by molar-refractivity contribution is -0.384. The van der Waals surface area contributed by atoms with Crippen molar-refractivity contribution in [2.75, 3.05) is 7.11 Å². The molecule has 2 aromatic rings. The molecule has 0 bridgehead atoms. The van der Waals surface area contributed by atoms with Gasteiger partial charge in [0.25, 0.3) is 5.69 Å². The van der Waals surface area contributed by atoms with Crippen molar-refractivity contribution < 1.29 is 9.66 Å². The van der Waals surface area contributed by atoms with E-state index in [1.54, 1.807) is 19.2 Å². The molecule has 0 fully saturated rings. The largest absolute Gasteiger partial charge is 0.496 e. The number of rotatable bonds is 6. The second kappa shape index (κ2) is 7.04. The van der Waals surface area contributed by atoms with Crippen LogP contribution in [0, 0.1) is 10.1 Å². The van der Waals surface area contributed by atoms with Crippen molar-refractivity contribution in [3.8, 4) is 16.9 Å². The van der Waals surface area contributed by atoms with Crippen molar-refractivity contribution in [3.63, 3.8) is 0 Å². The molecule has 0 heterocycles. The van der Waals surface area contributed by atoms with Gasteiger partial charge in [-0.3, -0.25) is 10.1 Å². The fraction of sp³-hybridized carbons (Fsp3) is 0.294. The van der Waals surface area contributed by atoms with Gasteiger partial charge in [-0.2, -0.15) is 0 Å². The molecule has 0 radical (unpaired) electrons. The predicted octanol–water partition coefficient (Wildman–Crippen LogP) is 3.77. The van der Waals surface area contributed by atoms with Crippen molar-refractivity contribution in [1.82, 2.24) is 5.32 Å². The Kier molecular flexibility index (Phi) is 5.12. The van der Waals surface area contributed by atoms with Crippen LogP contribution in [-0.2, 0) is 6.54 Å². The lowest BCUT2D eigenvalue weighted by Gasteiger charge is -2.11. The number of methoxy groups -OCH3 is 1. The molecule has 2 aromatic carbocycles. The van der Waals surface area contributed by atoms with Crippen LogP contribution in [0.5, 0.6) is 5.75 Å². The maximum absolute atomic E-state index is 11.0. The Bertz CT molecular complexity index is 669. The van der Waals surface area contributed by atoms with Gasteiger partial charge in [0.15, 0.2) is 0 Å². The second-order valence-electron chi connectivity index (χ2n) is 5.38. The molecule has 5 nitrogen and oxygen atoms in total. The van der Waals surface area contributed by atoms with Crippen LogP contribution in [-0.4, -0.2) is 18.1 Å². The van der Waals surface area contributed by atoms with Gasteiger partial charge in [0.2, 0.25) is 0 Å². The van der Waals surface area contributed by atoms with E-state index in [0.29, 0.717) is 11.8 Å². The Labute approximate surface area is 130 Å². The minimum absolute atomic E-state index is 0.0570.